The zero-order chi connectivity index (χ0) is 20.5. The summed E-state index contributed by atoms with van der Waals surface area (Å²) in [6.45, 7) is 3.75. The highest BCUT2D eigenvalue weighted by molar-refractivity contribution is 6.45. The van der Waals surface area contributed by atoms with Crippen LogP contribution in [0.2, 0.25) is 5.02 Å². The van der Waals surface area contributed by atoms with Crippen molar-refractivity contribution in [3.8, 4) is 5.75 Å². The number of rotatable bonds is 4. The lowest BCUT2D eigenvalue weighted by molar-refractivity contribution is -0.120. The number of benzene rings is 2. The fraction of sp³-hybridized carbons (Fsp3) is 0.304. The van der Waals surface area contributed by atoms with Gasteiger partial charge in [-0.15, -0.1) is 0 Å². The first-order chi connectivity index (χ1) is 14.0. The Balaban J connectivity index is 1.78. The summed E-state index contributed by atoms with van der Waals surface area (Å²) in [5.41, 5.74) is 2.14. The van der Waals surface area contributed by atoms with Gasteiger partial charge in [0, 0.05) is 13.1 Å². The number of hydrogen-bond donors (Lipinski definition) is 0. The van der Waals surface area contributed by atoms with Crippen molar-refractivity contribution in [2.45, 2.75) is 19.8 Å². The molecular weight excluding hydrogens is 388 g/mol. The topological polar surface area (TPSA) is 49.9 Å². The molecule has 0 radical (unpaired) electrons. The molecule has 6 heteroatoms. The minimum absolute atomic E-state index is 0.301. The number of hydrogen-bond acceptors (Lipinski definition) is 4. The van der Waals surface area contributed by atoms with Gasteiger partial charge in [-0.25, -0.2) is 4.90 Å². The summed E-state index contributed by atoms with van der Waals surface area (Å²) in [7, 11) is 1.53. The lowest BCUT2D eigenvalue weighted by atomic mass is 9.97. The number of ether oxygens (including phenoxy) is 1. The fourth-order valence-electron chi connectivity index (χ4n) is 3.94. The van der Waals surface area contributed by atoms with Gasteiger partial charge in [-0.1, -0.05) is 48.9 Å². The van der Waals surface area contributed by atoms with Crippen LogP contribution in [0.4, 0.5) is 5.69 Å². The second-order valence-electron chi connectivity index (χ2n) is 7.52. The van der Waals surface area contributed by atoms with Crippen LogP contribution < -0.4 is 9.64 Å². The summed E-state index contributed by atoms with van der Waals surface area (Å²) in [6, 6.07) is 14.3. The quantitative estimate of drug-likeness (QED) is 0.702. The van der Waals surface area contributed by atoms with Crippen LogP contribution in [0.1, 0.15) is 25.3 Å². The van der Waals surface area contributed by atoms with Gasteiger partial charge in [0.05, 0.1) is 23.4 Å². The molecule has 5 nitrogen and oxygen atoms in total. The van der Waals surface area contributed by atoms with Crippen molar-refractivity contribution < 1.29 is 14.3 Å². The second-order valence-corrected chi connectivity index (χ2v) is 7.93. The van der Waals surface area contributed by atoms with Gasteiger partial charge in [-0.2, -0.15) is 0 Å². The third kappa shape index (κ3) is 3.51. The molecule has 0 bridgehead atoms. The van der Waals surface area contributed by atoms with Crippen LogP contribution >= 0.6 is 11.6 Å². The fourth-order valence-corrected chi connectivity index (χ4v) is 4.19. The maximum absolute atomic E-state index is 13.5. The number of halogens is 1. The highest BCUT2D eigenvalue weighted by Crippen LogP contribution is 2.38. The monoisotopic (exact) mass is 410 g/mol. The molecule has 1 fully saturated rings. The molecule has 2 heterocycles. The maximum atomic E-state index is 13.5. The Bertz CT molecular complexity index is 979. The van der Waals surface area contributed by atoms with Crippen molar-refractivity contribution in [2.75, 3.05) is 25.1 Å². The van der Waals surface area contributed by atoms with E-state index in [4.69, 9.17) is 16.3 Å². The van der Waals surface area contributed by atoms with E-state index in [-0.39, 0.29) is 11.8 Å². The minimum Gasteiger partial charge on any atom is -0.495 e. The molecule has 2 aliphatic rings. The van der Waals surface area contributed by atoms with E-state index in [1.54, 1.807) is 18.2 Å². The third-order valence-corrected chi connectivity index (χ3v) is 5.91. The molecular formula is C23H23ClN2O3. The highest BCUT2D eigenvalue weighted by atomic mass is 35.5. The van der Waals surface area contributed by atoms with Crippen molar-refractivity contribution in [1.82, 2.24) is 4.90 Å². The van der Waals surface area contributed by atoms with Gasteiger partial charge in [0.1, 0.15) is 11.4 Å². The normalized spacial score (nSPS) is 18.0. The SMILES string of the molecule is COc1ccc(N2C(=O)C(c3ccccc3)=C(N3CCC(C)CC3)C2=O)cc1Cl. The summed E-state index contributed by atoms with van der Waals surface area (Å²) in [4.78, 5) is 30.2. The summed E-state index contributed by atoms with van der Waals surface area (Å²) < 4.78 is 5.19. The number of methoxy groups -OCH3 is 1. The van der Waals surface area contributed by atoms with Gasteiger partial charge in [-0.3, -0.25) is 9.59 Å². The van der Waals surface area contributed by atoms with E-state index in [0.717, 1.165) is 31.5 Å². The molecule has 0 saturated carbocycles. The molecule has 150 valence electrons. The van der Waals surface area contributed by atoms with Crippen LogP contribution in [0.5, 0.6) is 5.75 Å². The van der Waals surface area contributed by atoms with Gasteiger partial charge < -0.3 is 9.64 Å². The van der Waals surface area contributed by atoms with E-state index in [1.165, 1.54) is 12.0 Å². The zero-order valence-corrected chi connectivity index (χ0v) is 17.3. The van der Waals surface area contributed by atoms with Crippen molar-refractivity contribution >= 4 is 34.7 Å². The van der Waals surface area contributed by atoms with E-state index < -0.39 is 0 Å². The lowest BCUT2D eigenvalue weighted by Crippen LogP contribution is -2.38. The molecule has 4 rings (SSSR count). The molecule has 2 amide bonds. The van der Waals surface area contributed by atoms with Crippen LogP contribution in [-0.2, 0) is 9.59 Å². The Morgan fingerprint density at radius 2 is 1.69 bits per heavy atom. The molecule has 1 saturated heterocycles. The smallest absolute Gasteiger partial charge is 0.282 e. The third-order valence-electron chi connectivity index (χ3n) is 5.62. The number of nitrogens with zero attached hydrogens (tertiary/aromatic N) is 2. The Morgan fingerprint density at radius 3 is 2.31 bits per heavy atom. The van der Waals surface area contributed by atoms with Gasteiger partial charge in [0.2, 0.25) is 0 Å². The molecule has 0 aliphatic carbocycles. The number of likely N-dealkylation sites (tertiary alicyclic amines) is 1. The van der Waals surface area contributed by atoms with Crippen LogP contribution in [0.25, 0.3) is 5.57 Å². The second kappa shape index (κ2) is 7.91. The van der Waals surface area contributed by atoms with Crippen molar-refractivity contribution in [1.29, 1.82) is 0 Å². The van der Waals surface area contributed by atoms with Crippen LogP contribution in [-0.4, -0.2) is 36.9 Å². The average Bonchev–Trinajstić information content (AvgIpc) is 2.99. The van der Waals surface area contributed by atoms with Crippen LogP contribution in [0.3, 0.4) is 0 Å². The summed E-state index contributed by atoms with van der Waals surface area (Å²) in [5.74, 6) is 0.493. The van der Waals surface area contributed by atoms with Gasteiger partial charge in [0.25, 0.3) is 11.8 Å². The van der Waals surface area contributed by atoms with Gasteiger partial charge in [0.15, 0.2) is 0 Å². The molecule has 0 aromatic heterocycles. The van der Waals surface area contributed by atoms with E-state index in [9.17, 15) is 9.59 Å². The molecule has 0 N–H and O–H groups in total. The lowest BCUT2D eigenvalue weighted by Gasteiger charge is -2.32. The number of imide groups is 1. The zero-order valence-electron chi connectivity index (χ0n) is 16.5. The first-order valence-electron chi connectivity index (χ1n) is 9.78. The van der Waals surface area contributed by atoms with Crippen molar-refractivity contribution in [3.05, 3.63) is 64.8 Å². The number of amides is 2. The van der Waals surface area contributed by atoms with E-state index in [0.29, 0.717) is 33.6 Å². The number of carbonyl (C=O) groups excluding carboxylic acids is 2. The first kappa shape index (κ1) is 19.5. The molecule has 2 aromatic rings. The van der Waals surface area contributed by atoms with Gasteiger partial charge in [-0.05, 0) is 42.5 Å². The Morgan fingerprint density at radius 1 is 1.00 bits per heavy atom. The molecule has 2 aliphatic heterocycles. The first-order valence-corrected chi connectivity index (χ1v) is 10.2. The largest absolute Gasteiger partial charge is 0.495 e. The average molecular weight is 411 g/mol. The molecule has 0 atom stereocenters. The number of carbonyl (C=O) groups is 2. The van der Waals surface area contributed by atoms with E-state index >= 15 is 0 Å². The molecule has 0 unspecified atom stereocenters. The minimum atomic E-state index is -0.323. The van der Waals surface area contributed by atoms with Crippen LogP contribution in [0.15, 0.2) is 54.2 Å². The van der Waals surface area contributed by atoms with Crippen molar-refractivity contribution in [3.63, 3.8) is 0 Å². The predicted molar refractivity (Wildman–Crippen MR) is 114 cm³/mol. The van der Waals surface area contributed by atoms with Crippen molar-refractivity contribution in [2.24, 2.45) is 5.92 Å². The molecule has 0 spiro atoms. The summed E-state index contributed by atoms with van der Waals surface area (Å²) >= 11 is 6.26. The molecule has 2 aromatic carbocycles. The van der Waals surface area contributed by atoms with Gasteiger partial charge >= 0.3 is 0 Å². The van der Waals surface area contributed by atoms with E-state index in [1.807, 2.05) is 30.3 Å². The summed E-state index contributed by atoms with van der Waals surface area (Å²) in [5, 5.41) is 0.354. The predicted octanol–water partition coefficient (Wildman–Crippen LogP) is 4.37. The molecule has 29 heavy (non-hydrogen) atoms. The Kier molecular flexibility index (Phi) is 5.33. The Labute approximate surface area is 175 Å². The highest BCUT2D eigenvalue weighted by Gasteiger charge is 2.43. The standard InChI is InChI=1S/C23H23ClN2O3/c1-15-10-12-25(13-11-15)21-20(16-6-4-3-5-7-16)22(27)26(23(21)28)17-8-9-19(29-2)18(24)14-17/h3-9,14-15H,10-13H2,1-2H3. The van der Waals surface area contributed by atoms with Crippen LogP contribution in [0, 0.1) is 5.92 Å². The van der Waals surface area contributed by atoms with E-state index in [2.05, 4.69) is 11.8 Å². The number of anilines is 1. The number of piperidine rings is 1. The summed E-state index contributed by atoms with van der Waals surface area (Å²) in [6.07, 6.45) is 2.00. The Hall–Kier alpha value is -2.79. The maximum Gasteiger partial charge on any atom is 0.282 e.